The lowest BCUT2D eigenvalue weighted by Crippen LogP contribution is -2.11. The van der Waals surface area contributed by atoms with Crippen LogP contribution in [0.1, 0.15) is 33.6 Å². The van der Waals surface area contributed by atoms with E-state index in [9.17, 15) is 9.59 Å². The van der Waals surface area contributed by atoms with Crippen molar-refractivity contribution in [2.24, 2.45) is 5.73 Å². The number of primary amides is 1. The summed E-state index contributed by atoms with van der Waals surface area (Å²) in [5.41, 5.74) is 6.70. The molecule has 0 aliphatic heterocycles. The number of unbranched alkanes of at least 4 members (excludes halogenated alkanes) is 1. The second-order valence-electron chi connectivity index (χ2n) is 6.61. The first kappa shape index (κ1) is 21.4. The Morgan fingerprint density at radius 2 is 1.55 bits per heavy atom. The monoisotopic (exact) mass is 415 g/mol. The molecule has 0 unspecified atom stereocenters. The van der Waals surface area contributed by atoms with E-state index in [2.05, 4.69) is 11.4 Å². The zero-order chi connectivity index (χ0) is 22.1. The highest BCUT2D eigenvalue weighted by Crippen LogP contribution is 2.23. The number of anilines is 1. The fourth-order valence-electron chi connectivity index (χ4n) is 2.71. The average Bonchev–Trinajstić information content (AvgIpc) is 2.78. The van der Waals surface area contributed by atoms with Crippen LogP contribution in [0.3, 0.4) is 0 Å². The number of rotatable bonds is 9. The van der Waals surface area contributed by atoms with E-state index in [0.29, 0.717) is 53.5 Å². The van der Waals surface area contributed by atoms with Crippen LogP contribution >= 0.6 is 0 Å². The topological polar surface area (TPSA) is 114 Å². The van der Waals surface area contributed by atoms with E-state index in [1.54, 1.807) is 72.8 Å². The minimum absolute atomic E-state index is 0.265. The number of nitriles is 1. The van der Waals surface area contributed by atoms with Crippen LogP contribution < -0.4 is 20.5 Å². The molecule has 0 aliphatic carbocycles. The summed E-state index contributed by atoms with van der Waals surface area (Å²) in [6, 6.07) is 22.3. The maximum atomic E-state index is 12.5. The number of nitrogens with zero attached hydrogens (tertiary/aromatic N) is 1. The van der Waals surface area contributed by atoms with Crippen molar-refractivity contribution in [3.8, 4) is 23.3 Å². The van der Waals surface area contributed by atoms with Gasteiger partial charge in [-0.3, -0.25) is 9.59 Å². The smallest absolute Gasteiger partial charge is 0.255 e. The molecule has 0 aliphatic rings. The van der Waals surface area contributed by atoms with Crippen molar-refractivity contribution in [2.75, 3.05) is 11.9 Å². The molecule has 156 valence electrons. The number of hydrogen-bond donors (Lipinski definition) is 2. The lowest BCUT2D eigenvalue weighted by molar-refractivity contribution is 0.0997. The molecule has 7 nitrogen and oxygen atoms in total. The molecule has 3 aromatic carbocycles. The van der Waals surface area contributed by atoms with Gasteiger partial charge in [0, 0.05) is 29.3 Å². The summed E-state index contributed by atoms with van der Waals surface area (Å²) >= 11 is 0. The van der Waals surface area contributed by atoms with E-state index >= 15 is 0 Å². The van der Waals surface area contributed by atoms with Gasteiger partial charge in [0.15, 0.2) is 0 Å². The van der Waals surface area contributed by atoms with Crippen molar-refractivity contribution >= 4 is 17.5 Å². The van der Waals surface area contributed by atoms with E-state index < -0.39 is 5.91 Å². The number of ether oxygens (including phenoxy) is 2. The zero-order valence-electron chi connectivity index (χ0n) is 16.7. The van der Waals surface area contributed by atoms with Crippen LogP contribution in [0, 0.1) is 11.3 Å². The molecule has 3 aromatic rings. The van der Waals surface area contributed by atoms with E-state index in [1.807, 2.05) is 0 Å². The lowest BCUT2D eigenvalue weighted by Gasteiger charge is -2.10. The van der Waals surface area contributed by atoms with E-state index in [4.69, 9.17) is 20.5 Å². The molecule has 0 saturated heterocycles. The molecule has 3 rings (SSSR count). The van der Waals surface area contributed by atoms with Crippen molar-refractivity contribution in [3.05, 3.63) is 83.9 Å². The quantitative estimate of drug-likeness (QED) is 0.499. The molecule has 0 heterocycles. The largest absolute Gasteiger partial charge is 0.493 e. The number of carbonyl (C=O) groups is 2. The molecule has 0 fully saturated rings. The third-order valence-electron chi connectivity index (χ3n) is 4.28. The highest BCUT2D eigenvalue weighted by molar-refractivity contribution is 6.04. The predicted octanol–water partition coefficient (Wildman–Crippen LogP) is 4.51. The Bertz CT molecular complexity index is 1090. The fourth-order valence-corrected chi connectivity index (χ4v) is 2.71. The highest BCUT2D eigenvalue weighted by Gasteiger charge is 2.08. The Morgan fingerprint density at radius 1 is 0.903 bits per heavy atom. The first-order valence-electron chi connectivity index (χ1n) is 9.64. The second kappa shape index (κ2) is 10.5. The standard InChI is InChI=1S/C24H21N3O4/c25-14-1-2-15-30-22-5-3-4-19(16-22)27-24(29)18-8-12-21(13-9-18)31-20-10-6-17(7-11-20)23(26)28/h3-13,16H,1-2,15H2,(H2,26,28)(H,27,29). The van der Waals surface area contributed by atoms with Gasteiger partial charge in [0.1, 0.15) is 17.2 Å². The van der Waals surface area contributed by atoms with Crippen molar-refractivity contribution in [2.45, 2.75) is 12.8 Å². The van der Waals surface area contributed by atoms with E-state index in [1.165, 1.54) is 0 Å². The first-order valence-corrected chi connectivity index (χ1v) is 9.64. The zero-order valence-corrected chi connectivity index (χ0v) is 16.7. The Labute approximate surface area is 180 Å². The Hall–Kier alpha value is -4.31. The second-order valence-corrected chi connectivity index (χ2v) is 6.61. The van der Waals surface area contributed by atoms with Crippen molar-refractivity contribution < 1.29 is 19.1 Å². The summed E-state index contributed by atoms with van der Waals surface area (Å²) in [4.78, 5) is 23.6. The maximum absolute atomic E-state index is 12.5. The molecular formula is C24H21N3O4. The minimum Gasteiger partial charge on any atom is -0.493 e. The van der Waals surface area contributed by atoms with Gasteiger partial charge >= 0.3 is 0 Å². The van der Waals surface area contributed by atoms with Crippen LogP contribution in [0.15, 0.2) is 72.8 Å². The molecule has 7 heteroatoms. The van der Waals surface area contributed by atoms with Gasteiger partial charge in [0.05, 0.1) is 12.7 Å². The first-order chi connectivity index (χ1) is 15.0. The lowest BCUT2D eigenvalue weighted by atomic mass is 10.2. The summed E-state index contributed by atoms with van der Waals surface area (Å²) in [6.45, 7) is 0.442. The van der Waals surface area contributed by atoms with Crippen LogP contribution in [0.2, 0.25) is 0 Å². The van der Waals surface area contributed by atoms with Gasteiger partial charge in [-0.1, -0.05) is 6.07 Å². The molecule has 3 N–H and O–H groups in total. The van der Waals surface area contributed by atoms with Crippen molar-refractivity contribution in [1.29, 1.82) is 5.26 Å². The van der Waals surface area contributed by atoms with Gasteiger partial charge in [0.25, 0.3) is 5.91 Å². The highest BCUT2D eigenvalue weighted by atomic mass is 16.5. The van der Waals surface area contributed by atoms with Gasteiger partial charge in [-0.05, 0) is 67.1 Å². The van der Waals surface area contributed by atoms with Gasteiger partial charge in [-0.25, -0.2) is 0 Å². The normalized spacial score (nSPS) is 10.0. The minimum atomic E-state index is -0.502. The van der Waals surface area contributed by atoms with Crippen LogP contribution in [0.25, 0.3) is 0 Å². The van der Waals surface area contributed by atoms with Crippen molar-refractivity contribution in [1.82, 2.24) is 0 Å². The van der Waals surface area contributed by atoms with Crippen LogP contribution in [0.5, 0.6) is 17.2 Å². The predicted molar refractivity (Wildman–Crippen MR) is 116 cm³/mol. The number of nitrogens with one attached hydrogen (secondary N) is 1. The third-order valence-corrected chi connectivity index (χ3v) is 4.28. The Morgan fingerprint density at radius 3 is 2.16 bits per heavy atom. The van der Waals surface area contributed by atoms with E-state index in [0.717, 1.165) is 0 Å². The van der Waals surface area contributed by atoms with Gasteiger partial charge < -0.3 is 20.5 Å². The SMILES string of the molecule is N#CCCCOc1cccc(NC(=O)c2ccc(Oc3ccc(C(N)=O)cc3)cc2)c1. The molecule has 31 heavy (non-hydrogen) atoms. The summed E-state index contributed by atoms with van der Waals surface area (Å²) in [5.74, 6) is 0.962. The summed E-state index contributed by atoms with van der Waals surface area (Å²) in [5, 5.41) is 11.4. The van der Waals surface area contributed by atoms with Crippen LogP contribution in [-0.4, -0.2) is 18.4 Å². The molecular weight excluding hydrogens is 394 g/mol. The average molecular weight is 415 g/mol. The molecule has 0 radical (unpaired) electrons. The van der Waals surface area contributed by atoms with Gasteiger partial charge in [0.2, 0.25) is 5.91 Å². The Kier molecular flexibility index (Phi) is 7.22. The number of amides is 2. The van der Waals surface area contributed by atoms with Gasteiger partial charge in [-0.2, -0.15) is 5.26 Å². The molecule has 0 bridgehead atoms. The molecule has 0 atom stereocenters. The van der Waals surface area contributed by atoms with Crippen LogP contribution in [-0.2, 0) is 0 Å². The maximum Gasteiger partial charge on any atom is 0.255 e. The molecule has 0 aromatic heterocycles. The molecule has 0 saturated carbocycles. The summed E-state index contributed by atoms with van der Waals surface area (Å²) < 4.78 is 11.3. The number of benzene rings is 3. The number of hydrogen-bond acceptors (Lipinski definition) is 5. The summed E-state index contributed by atoms with van der Waals surface area (Å²) in [7, 11) is 0. The van der Waals surface area contributed by atoms with E-state index in [-0.39, 0.29) is 5.91 Å². The van der Waals surface area contributed by atoms with Crippen molar-refractivity contribution in [3.63, 3.8) is 0 Å². The third kappa shape index (κ3) is 6.34. The Balaban J connectivity index is 1.57. The molecule has 0 spiro atoms. The summed E-state index contributed by atoms with van der Waals surface area (Å²) in [6.07, 6.45) is 1.09. The number of carbonyl (C=O) groups excluding carboxylic acids is 2. The van der Waals surface area contributed by atoms with Gasteiger partial charge in [-0.15, -0.1) is 0 Å². The fraction of sp³-hybridized carbons (Fsp3) is 0.125. The molecule has 2 amide bonds. The van der Waals surface area contributed by atoms with Crippen LogP contribution in [0.4, 0.5) is 5.69 Å². The number of nitrogens with two attached hydrogens (primary N) is 1.